The van der Waals surface area contributed by atoms with Gasteiger partial charge in [0.2, 0.25) is 11.8 Å². The molecule has 2 aromatic rings. The summed E-state index contributed by atoms with van der Waals surface area (Å²) < 4.78 is 0. The molecule has 30 heavy (non-hydrogen) atoms. The number of hydrogen-bond donors (Lipinski definition) is 3. The molecule has 2 fully saturated rings. The van der Waals surface area contributed by atoms with Crippen LogP contribution in [0.4, 0.5) is 5.69 Å². The van der Waals surface area contributed by atoms with Gasteiger partial charge in [0.15, 0.2) is 0 Å². The van der Waals surface area contributed by atoms with Crippen molar-refractivity contribution in [1.29, 1.82) is 0 Å². The van der Waals surface area contributed by atoms with Crippen molar-refractivity contribution in [2.75, 3.05) is 18.4 Å². The number of carbonyl (C=O) groups excluding carboxylic acids is 2. The van der Waals surface area contributed by atoms with Gasteiger partial charge in [0.25, 0.3) is 0 Å². The molecule has 3 heterocycles. The molecule has 3 N–H and O–H groups in total. The summed E-state index contributed by atoms with van der Waals surface area (Å²) in [6.07, 6.45) is 5.84. The van der Waals surface area contributed by atoms with Crippen LogP contribution in [0.5, 0.6) is 0 Å². The molecule has 158 valence electrons. The first-order valence-electron chi connectivity index (χ1n) is 10.6. The molecule has 1 aromatic heterocycles. The molecule has 7 nitrogen and oxygen atoms in total. The van der Waals surface area contributed by atoms with E-state index < -0.39 is 0 Å². The van der Waals surface area contributed by atoms with E-state index in [0.717, 1.165) is 35.2 Å². The molecule has 2 aliphatic rings. The number of carbonyl (C=O) groups is 2. The summed E-state index contributed by atoms with van der Waals surface area (Å²) in [6.45, 7) is 5.17. The number of hydrogen-bond acceptors (Lipinski definition) is 5. The fourth-order valence-electron chi connectivity index (χ4n) is 4.25. The highest BCUT2D eigenvalue weighted by molar-refractivity contribution is 5.94. The van der Waals surface area contributed by atoms with E-state index in [0.29, 0.717) is 19.5 Å². The monoisotopic (exact) mass is 407 g/mol. The molecular weight excluding hydrogens is 378 g/mol. The van der Waals surface area contributed by atoms with Crippen molar-refractivity contribution < 1.29 is 9.59 Å². The van der Waals surface area contributed by atoms with Crippen LogP contribution in [-0.2, 0) is 9.59 Å². The SMILES string of the molecule is Cc1ccc(C)c(NC(=O)C2CCCN(C(=O)C3CC(c4ccncc4)NN3)C2)c1. The second-order valence-electron chi connectivity index (χ2n) is 8.34. The number of aryl methyl sites for hydroxylation is 2. The Hall–Kier alpha value is -2.77. The van der Waals surface area contributed by atoms with Gasteiger partial charge >= 0.3 is 0 Å². The Morgan fingerprint density at radius 3 is 2.73 bits per heavy atom. The Morgan fingerprint density at radius 1 is 1.13 bits per heavy atom. The van der Waals surface area contributed by atoms with Crippen molar-refractivity contribution in [2.45, 2.75) is 45.2 Å². The van der Waals surface area contributed by atoms with Gasteiger partial charge in [-0.15, -0.1) is 0 Å². The molecule has 0 saturated carbocycles. The third kappa shape index (κ3) is 4.52. The highest BCUT2D eigenvalue weighted by Crippen LogP contribution is 2.25. The van der Waals surface area contributed by atoms with Gasteiger partial charge in [-0.1, -0.05) is 12.1 Å². The van der Waals surface area contributed by atoms with Gasteiger partial charge in [-0.05, 0) is 68.0 Å². The van der Waals surface area contributed by atoms with E-state index in [1.807, 2.05) is 49.1 Å². The number of rotatable bonds is 4. The van der Waals surface area contributed by atoms with Gasteiger partial charge in [0, 0.05) is 37.2 Å². The number of pyridine rings is 1. The van der Waals surface area contributed by atoms with Gasteiger partial charge < -0.3 is 10.2 Å². The minimum absolute atomic E-state index is 0.00614. The number of nitrogens with zero attached hydrogens (tertiary/aromatic N) is 2. The van der Waals surface area contributed by atoms with Crippen molar-refractivity contribution >= 4 is 17.5 Å². The van der Waals surface area contributed by atoms with Gasteiger partial charge in [-0.2, -0.15) is 0 Å². The number of amides is 2. The quantitative estimate of drug-likeness (QED) is 0.725. The standard InChI is InChI=1S/C23H29N5O2/c1-15-5-6-16(2)19(12-15)25-22(29)18-4-3-11-28(14-18)23(30)21-13-20(26-27-21)17-7-9-24-10-8-17/h5-10,12,18,20-21,26-27H,3-4,11,13-14H2,1-2H3,(H,25,29). The van der Waals surface area contributed by atoms with Crippen molar-refractivity contribution in [1.82, 2.24) is 20.7 Å². The lowest BCUT2D eigenvalue weighted by Gasteiger charge is -2.33. The number of aromatic nitrogens is 1. The maximum absolute atomic E-state index is 13.1. The number of hydrazine groups is 1. The van der Waals surface area contributed by atoms with Crippen LogP contribution in [0.1, 0.15) is 42.0 Å². The van der Waals surface area contributed by atoms with Gasteiger partial charge in [-0.25, -0.2) is 10.9 Å². The number of benzene rings is 1. The molecule has 0 bridgehead atoms. The van der Waals surface area contributed by atoms with E-state index in [-0.39, 0.29) is 29.8 Å². The fourth-order valence-corrected chi connectivity index (χ4v) is 4.25. The van der Waals surface area contributed by atoms with Crippen LogP contribution in [0.2, 0.25) is 0 Å². The predicted molar refractivity (Wildman–Crippen MR) is 116 cm³/mol. The van der Waals surface area contributed by atoms with E-state index in [4.69, 9.17) is 0 Å². The van der Waals surface area contributed by atoms with Gasteiger partial charge in [-0.3, -0.25) is 14.6 Å². The predicted octanol–water partition coefficient (Wildman–Crippen LogP) is 2.48. The molecule has 0 aliphatic carbocycles. The summed E-state index contributed by atoms with van der Waals surface area (Å²) in [5.41, 5.74) is 10.5. The molecular formula is C23H29N5O2. The Bertz CT molecular complexity index is 917. The van der Waals surface area contributed by atoms with E-state index >= 15 is 0 Å². The van der Waals surface area contributed by atoms with Crippen LogP contribution >= 0.6 is 0 Å². The van der Waals surface area contributed by atoms with Crippen molar-refractivity contribution in [3.05, 3.63) is 59.4 Å². The second kappa shape index (κ2) is 8.93. The zero-order chi connectivity index (χ0) is 21.1. The Balaban J connectivity index is 1.36. The Kier molecular flexibility index (Phi) is 6.11. The van der Waals surface area contributed by atoms with Crippen LogP contribution in [0.3, 0.4) is 0 Å². The van der Waals surface area contributed by atoms with E-state index in [1.54, 1.807) is 12.4 Å². The molecule has 3 atom stereocenters. The number of nitrogens with one attached hydrogen (secondary N) is 3. The summed E-state index contributed by atoms with van der Waals surface area (Å²) in [5.74, 6) is -0.135. The zero-order valence-electron chi connectivity index (χ0n) is 17.5. The van der Waals surface area contributed by atoms with Crippen molar-refractivity contribution in [3.8, 4) is 0 Å². The third-order valence-corrected chi connectivity index (χ3v) is 6.06. The molecule has 3 unspecified atom stereocenters. The van der Waals surface area contributed by atoms with Crippen LogP contribution in [0, 0.1) is 19.8 Å². The van der Waals surface area contributed by atoms with E-state index in [2.05, 4.69) is 21.2 Å². The maximum atomic E-state index is 13.1. The first-order valence-corrected chi connectivity index (χ1v) is 10.6. The molecule has 7 heteroatoms. The largest absolute Gasteiger partial charge is 0.341 e. The third-order valence-electron chi connectivity index (χ3n) is 6.06. The Labute approximate surface area is 177 Å². The van der Waals surface area contributed by atoms with Crippen molar-refractivity contribution in [2.24, 2.45) is 5.92 Å². The van der Waals surface area contributed by atoms with Gasteiger partial charge in [0.05, 0.1) is 5.92 Å². The summed E-state index contributed by atoms with van der Waals surface area (Å²) in [5, 5.41) is 3.07. The number of likely N-dealkylation sites (tertiary alicyclic amines) is 1. The average molecular weight is 408 g/mol. The molecule has 4 rings (SSSR count). The number of anilines is 1. The zero-order valence-corrected chi connectivity index (χ0v) is 17.5. The highest BCUT2D eigenvalue weighted by atomic mass is 16.2. The molecule has 0 spiro atoms. The summed E-state index contributed by atoms with van der Waals surface area (Å²) >= 11 is 0. The van der Waals surface area contributed by atoms with E-state index in [9.17, 15) is 9.59 Å². The molecule has 2 amide bonds. The lowest BCUT2D eigenvalue weighted by atomic mass is 9.95. The lowest BCUT2D eigenvalue weighted by Crippen LogP contribution is -2.50. The van der Waals surface area contributed by atoms with Crippen LogP contribution in [0.15, 0.2) is 42.7 Å². The minimum atomic E-state index is -0.288. The fraction of sp³-hybridized carbons (Fsp3) is 0.435. The number of piperidine rings is 1. The average Bonchev–Trinajstić information content (AvgIpc) is 3.27. The van der Waals surface area contributed by atoms with Crippen LogP contribution < -0.4 is 16.2 Å². The highest BCUT2D eigenvalue weighted by Gasteiger charge is 2.36. The minimum Gasteiger partial charge on any atom is -0.341 e. The Morgan fingerprint density at radius 2 is 1.93 bits per heavy atom. The summed E-state index contributed by atoms with van der Waals surface area (Å²) in [6, 6.07) is 9.75. The molecule has 0 radical (unpaired) electrons. The summed E-state index contributed by atoms with van der Waals surface area (Å²) in [4.78, 5) is 31.8. The second-order valence-corrected chi connectivity index (χ2v) is 8.34. The van der Waals surface area contributed by atoms with Crippen molar-refractivity contribution in [3.63, 3.8) is 0 Å². The smallest absolute Gasteiger partial charge is 0.241 e. The lowest BCUT2D eigenvalue weighted by molar-refractivity contribution is -0.136. The maximum Gasteiger partial charge on any atom is 0.241 e. The van der Waals surface area contributed by atoms with Crippen LogP contribution in [0.25, 0.3) is 0 Å². The first-order chi connectivity index (χ1) is 14.5. The molecule has 1 aromatic carbocycles. The van der Waals surface area contributed by atoms with Crippen LogP contribution in [-0.4, -0.2) is 40.8 Å². The topological polar surface area (TPSA) is 86.4 Å². The van der Waals surface area contributed by atoms with E-state index in [1.165, 1.54) is 0 Å². The summed E-state index contributed by atoms with van der Waals surface area (Å²) in [7, 11) is 0. The van der Waals surface area contributed by atoms with Gasteiger partial charge in [0.1, 0.15) is 6.04 Å². The normalized spacial score (nSPS) is 23.9. The first kappa shape index (κ1) is 20.5. The molecule has 2 aliphatic heterocycles. The molecule has 2 saturated heterocycles.